The minimum Gasteiger partial charge on any atom is -0.478 e. The van der Waals surface area contributed by atoms with Gasteiger partial charge in [0.05, 0.1) is 48.3 Å². The lowest BCUT2D eigenvalue weighted by Gasteiger charge is -2.48. The van der Waals surface area contributed by atoms with Gasteiger partial charge in [0.15, 0.2) is 18.4 Å². The predicted octanol–water partition coefficient (Wildman–Crippen LogP) is -1.17. The molecule has 0 aromatic heterocycles. The molecule has 0 aromatic rings. The van der Waals surface area contributed by atoms with Crippen LogP contribution in [0, 0.1) is 17.3 Å². The van der Waals surface area contributed by atoms with Crippen molar-refractivity contribution in [3.8, 4) is 0 Å². The van der Waals surface area contributed by atoms with Gasteiger partial charge in [-0.2, -0.15) is 0 Å². The van der Waals surface area contributed by atoms with Crippen LogP contribution in [0.25, 0.3) is 0 Å². The van der Waals surface area contributed by atoms with Crippen molar-refractivity contribution in [1.82, 2.24) is 5.32 Å². The second-order valence-corrected chi connectivity index (χ2v) is 16.0. The van der Waals surface area contributed by atoms with Crippen molar-refractivity contribution >= 4 is 17.9 Å². The number of rotatable bonds is 17. The van der Waals surface area contributed by atoms with E-state index < -0.39 is 73.2 Å². The average molecular weight is 822 g/mol. The maximum Gasteiger partial charge on any atom is 0.339 e. The lowest BCUT2D eigenvalue weighted by molar-refractivity contribution is -0.843. The summed E-state index contributed by atoms with van der Waals surface area (Å²) in [7, 11) is 0. The highest BCUT2D eigenvalue weighted by Gasteiger charge is 2.57. The molecule has 11 N–H and O–H groups in total. The number of nitrogens with zero attached hydrogens (tertiary/aromatic N) is 1. The number of aliphatic imine (C=N–C) groups is 1. The number of guanidine groups is 1. The summed E-state index contributed by atoms with van der Waals surface area (Å²) in [6.07, 6.45) is 5.99. The molecule has 0 aromatic carbocycles. The molecule has 5 aliphatic rings. The van der Waals surface area contributed by atoms with E-state index in [4.69, 9.17) is 29.4 Å². The molecule has 0 bridgehead atoms. The van der Waals surface area contributed by atoms with Crippen molar-refractivity contribution in [3.05, 3.63) is 59.7 Å². The summed E-state index contributed by atoms with van der Waals surface area (Å²) in [4.78, 5) is 31.5. The number of quaternary nitrogens is 1. The number of hydrogen-bond acceptors (Lipinski definition) is 14. The lowest BCUT2D eigenvalue weighted by atomic mass is 9.83. The summed E-state index contributed by atoms with van der Waals surface area (Å²) in [6, 6.07) is 0. The molecule has 5 rings (SSSR count). The molecule has 1 unspecified atom stereocenters. The Morgan fingerprint density at radius 1 is 1.16 bits per heavy atom. The zero-order valence-corrected chi connectivity index (χ0v) is 33.2. The molecule has 0 radical (unpaired) electrons. The minimum absolute atomic E-state index is 0.00402. The van der Waals surface area contributed by atoms with Gasteiger partial charge in [-0.3, -0.25) is 4.99 Å². The Labute approximate surface area is 337 Å². The summed E-state index contributed by atoms with van der Waals surface area (Å²) in [5.41, 5.74) is 6.86. The van der Waals surface area contributed by atoms with Crippen molar-refractivity contribution in [2.75, 3.05) is 39.5 Å². The first kappa shape index (κ1) is 45.4. The molecule has 2 aliphatic carbocycles. The summed E-state index contributed by atoms with van der Waals surface area (Å²) >= 11 is 0. The fourth-order valence-corrected chi connectivity index (χ4v) is 8.58. The predicted molar refractivity (Wildman–Crippen MR) is 206 cm³/mol. The highest BCUT2D eigenvalue weighted by Crippen LogP contribution is 2.51. The molecule has 3 heterocycles. The van der Waals surface area contributed by atoms with Crippen LogP contribution in [-0.2, 0) is 33.3 Å². The monoisotopic (exact) mass is 821 g/mol. The number of aliphatic hydroxyl groups excluding tert-OH is 4. The second-order valence-electron chi connectivity index (χ2n) is 16.0. The van der Waals surface area contributed by atoms with E-state index in [9.17, 15) is 45.3 Å². The third-order valence-corrected chi connectivity index (χ3v) is 11.5. The number of nitrogens with two attached hydrogens (primary N) is 1. The van der Waals surface area contributed by atoms with Gasteiger partial charge in [0.25, 0.3) is 0 Å². The van der Waals surface area contributed by atoms with Crippen molar-refractivity contribution < 1.29 is 73.9 Å². The maximum absolute atomic E-state index is 14.1. The number of nitrogens with one attached hydrogen (secondary N) is 2. The van der Waals surface area contributed by atoms with Crippen LogP contribution in [-0.4, -0.2) is 142 Å². The highest BCUT2D eigenvalue weighted by atomic mass is 16.8. The number of allylic oxidation sites excluding steroid dienone is 2. The van der Waals surface area contributed by atoms with Crippen LogP contribution < -0.4 is 16.0 Å². The molecule has 18 nitrogen and oxygen atoms in total. The van der Waals surface area contributed by atoms with Crippen LogP contribution in [0.3, 0.4) is 0 Å². The molecule has 3 aliphatic heterocycles. The SMILES string of the molecule is C=C[C@H]1[C@H](O[C@@H]2O[C@H](CO)[C@@H](O)C(O)(O)[C@H]2OC(C)C)OC=C(C(=O)O[C@@H]2CCC3(CCCC3)C2)[C@H]1/C=C/C1=C[NH+](CCO)CC(C(=O)O)=C1NC(N)=NCCCO. The van der Waals surface area contributed by atoms with E-state index in [0.29, 0.717) is 16.9 Å². The van der Waals surface area contributed by atoms with E-state index in [1.165, 1.54) is 12.3 Å². The van der Waals surface area contributed by atoms with Gasteiger partial charge < -0.3 is 75.4 Å². The maximum atomic E-state index is 14.1. The second kappa shape index (κ2) is 20.0. The van der Waals surface area contributed by atoms with Crippen molar-refractivity contribution in [2.24, 2.45) is 28.0 Å². The van der Waals surface area contributed by atoms with Crippen molar-refractivity contribution in [1.29, 1.82) is 0 Å². The zero-order chi connectivity index (χ0) is 42.2. The molecule has 3 fully saturated rings. The number of aliphatic hydroxyl groups is 6. The average Bonchev–Trinajstić information content (AvgIpc) is 3.82. The molecular weight excluding hydrogens is 760 g/mol. The number of hydrogen-bond donors (Lipinski definition) is 10. The van der Waals surface area contributed by atoms with E-state index in [1.54, 1.807) is 32.2 Å². The van der Waals surface area contributed by atoms with Crippen LogP contribution in [0.2, 0.25) is 0 Å². The fraction of sp³-hybridized carbons (Fsp3) is 0.675. The van der Waals surface area contributed by atoms with Crippen molar-refractivity contribution in [3.63, 3.8) is 0 Å². The number of carbonyl (C=O) groups is 2. The van der Waals surface area contributed by atoms with Gasteiger partial charge in [-0.25, -0.2) is 9.59 Å². The zero-order valence-electron chi connectivity index (χ0n) is 33.2. The van der Waals surface area contributed by atoms with Crippen LogP contribution >= 0.6 is 0 Å². The normalized spacial score (nSPS) is 32.3. The Bertz CT molecular complexity index is 1620. The molecule has 9 atom stereocenters. The van der Waals surface area contributed by atoms with Gasteiger partial charge in [-0.05, 0) is 57.8 Å². The van der Waals surface area contributed by atoms with Crippen LogP contribution in [0.1, 0.15) is 65.2 Å². The Hall–Kier alpha value is -3.69. The van der Waals surface area contributed by atoms with Gasteiger partial charge in [-0.15, -0.1) is 6.58 Å². The number of esters is 1. The number of carboxylic acids is 1. The van der Waals surface area contributed by atoms with Crippen LogP contribution in [0.5, 0.6) is 0 Å². The standard InChI is InChI=1S/C40H60N4O14/c1-4-26-27(9-8-24-19-44(15-17-46)20-28(34(49)50)31(24)43-38(41)42-14-7-16-45)29(35(51)56-25-10-13-39(18-25)11-5-6-12-39)22-54-36(26)58-37-33(55-23(2)3)40(52,53)32(48)30(21-47)57-37/h4,8-9,19,22-23,25-27,30,32-33,36-37,45-48,52-53H,1,5-7,10-18,20-21H2,2-3H3,(H,49,50)(H3,41,42,43)/p+1/b9-8+/t25-,26-,27+,30-,32-,33+,36+,37+/m1/s1. The molecule has 0 amide bonds. The van der Waals surface area contributed by atoms with E-state index in [1.807, 2.05) is 0 Å². The summed E-state index contributed by atoms with van der Waals surface area (Å²) < 4.78 is 29.9. The summed E-state index contributed by atoms with van der Waals surface area (Å²) in [5.74, 6) is -6.67. The first-order chi connectivity index (χ1) is 27.7. The molecule has 324 valence electrons. The molecule has 18 heteroatoms. The van der Waals surface area contributed by atoms with Gasteiger partial charge in [0.1, 0.15) is 43.2 Å². The fourth-order valence-electron chi connectivity index (χ4n) is 8.58. The molecular formula is C40H61N4O14+. The first-order valence-electron chi connectivity index (χ1n) is 20.1. The number of carbonyl (C=O) groups excluding carboxylic acids is 1. The van der Waals surface area contributed by atoms with Crippen LogP contribution in [0.4, 0.5) is 0 Å². The van der Waals surface area contributed by atoms with Gasteiger partial charge in [0.2, 0.25) is 12.1 Å². The lowest BCUT2D eigenvalue weighted by Crippen LogP contribution is -3.09. The van der Waals surface area contributed by atoms with Gasteiger partial charge in [0, 0.05) is 19.1 Å². The number of aliphatic carboxylic acids is 1. The highest BCUT2D eigenvalue weighted by molar-refractivity contribution is 5.92. The molecule has 58 heavy (non-hydrogen) atoms. The molecule has 2 saturated carbocycles. The van der Waals surface area contributed by atoms with E-state index in [2.05, 4.69) is 16.9 Å². The smallest absolute Gasteiger partial charge is 0.339 e. The third-order valence-electron chi connectivity index (χ3n) is 11.5. The summed E-state index contributed by atoms with van der Waals surface area (Å²) in [6.45, 7) is 6.50. The van der Waals surface area contributed by atoms with E-state index in [-0.39, 0.29) is 67.2 Å². The van der Waals surface area contributed by atoms with Gasteiger partial charge in [-0.1, -0.05) is 31.1 Å². The molecule has 1 spiro atoms. The Morgan fingerprint density at radius 2 is 1.90 bits per heavy atom. The molecule has 1 saturated heterocycles. The minimum atomic E-state index is -2.92. The Balaban J connectivity index is 1.52. The van der Waals surface area contributed by atoms with E-state index in [0.717, 1.165) is 44.9 Å². The Morgan fingerprint density at radius 3 is 2.53 bits per heavy atom. The van der Waals surface area contributed by atoms with Crippen LogP contribution in [0.15, 0.2) is 64.7 Å². The largest absolute Gasteiger partial charge is 0.478 e. The van der Waals surface area contributed by atoms with Gasteiger partial charge >= 0.3 is 11.9 Å². The van der Waals surface area contributed by atoms with E-state index >= 15 is 0 Å². The quantitative estimate of drug-likeness (QED) is 0.0207. The number of carboxylic acid groups (broad SMARTS) is 1. The van der Waals surface area contributed by atoms with Crippen molar-refractivity contribution in [2.45, 2.75) is 114 Å². The first-order valence-corrected chi connectivity index (χ1v) is 20.1. The Kier molecular flexibility index (Phi) is 15.7. The summed E-state index contributed by atoms with van der Waals surface area (Å²) in [5, 5.41) is 74.7. The topological polar surface area (TPSA) is 277 Å². The third kappa shape index (κ3) is 10.5. The number of ether oxygens (including phenoxy) is 5.